The molecule has 1 amide bonds. The minimum Gasteiger partial charge on any atom is -0.394 e. The molecule has 0 aliphatic rings. The normalized spacial score (nSPS) is 12.0. The van der Waals surface area contributed by atoms with E-state index in [0.29, 0.717) is 9.21 Å². The first kappa shape index (κ1) is 22.7. The topological polar surface area (TPSA) is 116 Å². The van der Waals surface area contributed by atoms with Crippen molar-refractivity contribution in [3.05, 3.63) is 90.0 Å². The number of fused-ring (bicyclic) bond motifs is 1. The van der Waals surface area contributed by atoms with E-state index in [1.807, 2.05) is 0 Å². The molecule has 0 aliphatic carbocycles. The lowest BCUT2D eigenvalue weighted by Crippen LogP contribution is -2.34. The molecule has 33 heavy (non-hydrogen) atoms. The fraction of sp³-hybridized carbons (Fsp3) is 0.136. The molecule has 8 nitrogen and oxygen atoms in total. The number of nitrogens with zero attached hydrogens (tertiary/aromatic N) is 1. The quantitative estimate of drug-likeness (QED) is 0.333. The number of thiophene rings is 1. The highest BCUT2D eigenvalue weighted by Crippen LogP contribution is 2.27. The second-order valence-electron chi connectivity index (χ2n) is 7.10. The van der Waals surface area contributed by atoms with E-state index in [9.17, 15) is 23.9 Å². The molecule has 0 spiro atoms. The Hall–Kier alpha value is -3.47. The SMILES string of the molecule is CNc1cc2[nH]c(=O)n(-c3ccc(C(=O)NC(CO)c4ccc(Cl)s4)cc3)c(=O)c2cc1F. The molecule has 0 radical (unpaired) electrons. The number of aromatic amines is 1. The van der Waals surface area contributed by atoms with E-state index in [0.717, 1.165) is 10.6 Å². The lowest BCUT2D eigenvalue weighted by atomic mass is 10.1. The number of carbonyl (C=O) groups excluding carboxylic acids is 1. The van der Waals surface area contributed by atoms with Crippen LogP contribution in [0.25, 0.3) is 16.6 Å². The summed E-state index contributed by atoms with van der Waals surface area (Å²) in [4.78, 5) is 41.4. The van der Waals surface area contributed by atoms with Crippen molar-refractivity contribution in [2.45, 2.75) is 6.04 Å². The molecular weight excluding hydrogens is 471 g/mol. The fourth-order valence-corrected chi connectivity index (χ4v) is 4.49. The Balaban J connectivity index is 1.64. The lowest BCUT2D eigenvalue weighted by molar-refractivity contribution is 0.0917. The maximum Gasteiger partial charge on any atom is 0.333 e. The van der Waals surface area contributed by atoms with E-state index < -0.39 is 29.0 Å². The van der Waals surface area contributed by atoms with Crippen LogP contribution < -0.4 is 21.9 Å². The Morgan fingerprint density at radius 1 is 1.21 bits per heavy atom. The molecule has 170 valence electrons. The van der Waals surface area contributed by atoms with Crippen molar-refractivity contribution < 1.29 is 14.3 Å². The van der Waals surface area contributed by atoms with Gasteiger partial charge in [0.05, 0.1) is 39.3 Å². The average molecular weight is 489 g/mol. The molecule has 2 heterocycles. The highest BCUT2D eigenvalue weighted by molar-refractivity contribution is 7.16. The van der Waals surface area contributed by atoms with Crippen molar-refractivity contribution in [1.82, 2.24) is 14.9 Å². The second-order valence-corrected chi connectivity index (χ2v) is 8.84. The summed E-state index contributed by atoms with van der Waals surface area (Å²) in [7, 11) is 1.53. The van der Waals surface area contributed by atoms with Gasteiger partial charge < -0.3 is 20.7 Å². The molecule has 4 N–H and O–H groups in total. The smallest absolute Gasteiger partial charge is 0.333 e. The molecule has 0 aliphatic heterocycles. The summed E-state index contributed by atoms with van der Waals surface area (Å²) in [6.07, 6.45) is 0. The Morgan fingerprint density at radius 3 is 2.55 bits per heavy atom. The van der Waals surface area contributed by atoms with E-state index in [4.69, 9.17) is 11.6 Å². The van der Waals surface area contributed by atoms with Crippen LogP contribution in [-0.4, -0.2) is 34.2 Å². The van der Waals surface area contributed by atoms with Crippen LogP contribution in [-0.2, 0) is 0 Å². The summed E-state index contributed by atoms with van der Waals surface area (Å²) in [6.45, 7) is -0.311. The zero-order chi connectivity index (χ0) is 23.7. The Kier molecular flexibility index (Phi) is 6.32. The van der Waals surface area contributed by atoms with Gasteiger partial charge in [-0.1, -0.05) is 11.6 Å². The molecular formula is C22H18ClFN4O4S. The molecule has 0 saturated heterocycles. The van der Waals surface area contributed by atoms with Gasteiger partial charge in [0.2, 0.25) is 0 Å². The number of benzene rings is 2. The van der Waals surface area contributed by atoms with E-state index >= 15 is 0 Å². The number of nitrogens with one attached hydrogen (secondary N) is 3. The molecule has 1 atom stereocenters. The van der Waals surface area contributed by atoms with E-state index in [2.05, 4.69) is 15.6 Å². The number of carbonyl (C=O) groups is 1. The average Bonchev–Trinajstić information content (AvgIpc) is 3.24. The second kappa shape index (κ2) is 9.18. The molecule has 4 aromatic rings. The summed E-state index contributed by atoms with van der Waals surface area (Å²) in [5, 5.41) is 15.0. The van der Waals surface area contributed by atoms with Crippen LogP contribution in [0.3, 0.4) is 0 Å². The van der Waals surface area contributed by atoms with E-state index in [1.54, 1.807) is 12.1 Å². The van der Waals surface area contributed by atoms with E-state index in [1.165, 1.54) is 48.7 Å². The minimum atomic E-state index is -0.701. The number of hydrogen-bond donors (Lipinski definition) is 4. The first-order valence-corrected chi connectivity index (χ1v) is 11.0. The summed E-state index contributed by atoms with van der Waals surface area (Å²) in [5.74, 6) is -1.08. The third kappa shape index (κ3) is 4.40. The van der Waals surface area contributed by atoms with Gasteiger partial charge >= 0.3 is 5.69 Å². The summed E-state index contributed by atoms with van der Waals surface area (Å²) >= 11 is 7.17. The maximum absolute atomic E-state index is 14.2. The van der Waals surface area contributed by atoms with Gasteiger partial charge in [0, 0.05) is 17.5 Å². The van der Waals surface area contributed by atoms with Crippen molar-refractivity contribution in [2.24, 2.45) is 0 Å². The van der Waals surface area contributed by atoms with E-state index in [-0.39, 0.29) is 34.4 Å². The van der Waals surface area contributed by atoms with Crippen molar-refractivity contribution >= 4 is 45.4 Å². The van der Waals surface area contributed by atoms with Crippen molar-refractivity contribution in [2.75, 3.05) is 19.0 Å². The fourth-order valence-electron chi connectivity index (χ4n) is 3.39. The number of aliphatic hydroxyl groups is 1. The number of H-pyrrole nitrogens is 1. The predicted molar refractivity (Wildman–Crippen MR) is 126 cm³/mol. The van der Waals surface area contributed by atoms with Crippen molar-refractivity contribution in [3.8, 4) is 5.69 Å². The van der Waals surface area contributed by atoms with Gasteiger partial charge in [-0.15, -0.1) is 11.3 Å². The van der Waals surface area contributed by atoms with Gasteiger partial charge in [-0.25, -0.2) is 13.8 Å². The van der Waals surface area contributed by atoms with Gasteiger partial charge in [0.15, 0.2) is 0 Å². The number of anilines is 1. The summed E-state index contributed by atoms with van der Waals surface area (Å²) < 4.78 is 15.6. The number of aromatic nitrogens is 2. The Morgan fingerprint density at radius 2 is 1.94 bits per heavy atom. The van der Waals surface area contributed by atoms with Gasteiger partial charge in [-0.2, -0.15) is 0 Å². The highest BCUT2D eigenvalue weighted by Gasteiger charge is 2.18. The number of amides is 1. The van der Waals surface area contributed by atoms with Crippen molar-refractivity contribution in [3.63, 3.8) is 0 Å². The third-order valence-electron chi connectivity index (χ3n) is 5.07. The first-order chi connectivity index (χ1) is 15.8. The van der Waals surface area contributed by atoms with Crippen LogP contribution in [0, 0.1) is 5.82 Å². The Bertz CT molecular complexity index is 1460. The maximum atomic E-state index is 14.2. The zero-order valence-electron chi connectivity index (χ0n) is 17.2. The predicted octanol–water partition coefficient (Wildman–Crippen LogP) is 3.04. The van der Waals surface area contributed by atoms with Crippen LogP contribution in [0.5, 0.6) is 0 Å². The van der Waals surface area contributed by atoms with Crippen molar-refractivity contribution in [1.29, 1.82) is 0 Å². The van der Waals surface area contributed by atoms with Gasteiger partial charge in [-0.05, 0) is 48.5 Å². The molecule has 2 aromatic heterocycles. The molecule has 11 heteroatoms. The van der Waals surface area contributed by atoms with Gasteiger partial charge in [0.1, 0.15) is 5.82 Å². The zero-order valence-corrected chi connectivity index (χ0v) is 18.8. The molecule has 4 rings (SSSR count). The van der Waals surface area contributed by atoms with Gasteiger partial charge in [-0.3, -0.25) is 9.59 Å². The Labute approximate surface area is 195 Å². The number of rotatable bonds is 6. The minimum absolute atomic E-state index is 0.00770. The molecule has 1 unspecified atom stereocenters. The monoisotopic (exact) mass is 488 g/mol. The van der Waals surface area contributed by atoms with Crippen LogP contribution in [0.2, 0.25) is 4.34 Å². The lowest BCUT2D eigenvalue weighted by Gasteiger charge is -2.15. The summed E-state index contributed by atoms with van der Waals surface area (Å²) in [5.41, 5.74) is -0.574. The standard InChI is InChI=1S/C22H18ClFN4O4S/c1-25-16-9-15-13(8-14(16)24)21(31)28(22(32)27-15)12-4-2-11(3-5-12)20(30)26-17(10-29)18-6-7-19(23)33-18/h2-9,17,25,29H,10H2,1H3,(H,26,30)(H,27,32). The molecule has 0 bridgehead atoms. The first-order valence-electron chi connectivity index (χ1n) is 9.76. The molecule has 0 saturated carbocycles. The summed E-state index contributed by atoms with van der Waals surface area (Å²) in [6, 6.07) is 10.9. The van der Waals surface area contributed by atoms with Crippen LogP contribution in [0.4, 0.5) is 10.1 Å². The van der Waals surface area contributed by atoms with Gasteiger partial charge in [0.25, 0.3) is 11.5 Å². The largest absolute Gasteiger partial charge is 0.394 e. The van der Waals surface area contributed by atoms with Crippen LogP contribution in [0.15, 0.2) is 58.1 Å². The van der Waals surface area contributed by atoms with Crippen LogP contribution >= 0.6 is 22.9 Å². The number of aliphatic hydroxyl groups excluding tert-OH is 1. The molecule has 0 fully saturated rings. The highest BCUT2D eigenvalue weighted by atomic mass is 35.5. The number of halogens is 2. The number of hydrogen-bond acceptors (Lipinski definition) is 6. The molecule has 2 aromatic carbocycles. The van der Waals surface area contributed by atoms with Crippen LogP contribution in [0.1, 0.15) is 21.3 Å². The third-order valence-corrected chi connectivity index (χ3v) is 6.41.